The number of aldehydes is 1. The Morgan fingerprint density at radius 2 is 1.88 bits per heavy atom. The van der Waals surface area contributed by atoms with Gasteiger partial charge in [0, 0.05) is 32.0 Å². The number of rotatable bonds is 9. The summed E-state index contributed by atoms with van der Waals surface area (Å²) in [4.78, 5) is 22.0. The Morgan fingerprint density at radius 1 is 1.16 bits per heavy atom. The van der Waals surface area contributed by atoms with E-state index in [1.165, 1.54) is 0 Å². The molecule has 0 spiro atoms. The Balaban J connectivity index is 2.42. The number of nitrogens with one attached hydrogen (secondary N) is 1. The van der Waals surface area contributed by atoms with Crippen LogP contribution in [-0.2, 0) is 28.9 Å². The molecule has 0 heterocycles. The molecule has 0 fully saturated rings. The molecular formula is C20H23NO4. The minimum Gasteiger partial charge on any atom is -0.496 e. The van der Waals surface area contributed by atoms with Gasteiger partial charge in [0.05, 0.1) is 7.11 Å². The number of para-hydroxylation sites is 1. The Labute approximate surface area is 147 Å². The number of aryl methyl sites for hydroxylation is 1. The summed E-state index contributed by atoms with van der Waals surface area (Å²) in [5.74, 6) is -0.0300. The van der Waals surface area contributed by atoms with Crippen molar-refractivity contribution in [2.45, 2.75) is 25.7 Å². The quantitative estimate of drug-likeness (QED) is 0.686. The number of hydrogen-bond acceptors (Lipinski definition) is 4. The van der Waals surface area contributed by atoms with E-state index in [4.69, 9.17) is 9.84 Å². The third-order valence-corrected chi connectivity index (χ3v) is 4.22. The van der Waals surface area contributed by atoms with Gasteiger partial charge in [-0.15, -0.1) is 0 Å². The van der Waals surface area contributed by atoms with Gasteiger partial charge in [-0.3, -0.25) is 4.79 Å². The third-order valence-electron chi connectivity index (χ3n) is 4.22. The molecule has 2 aromatic carbocycles. The number of methoxy groups -OCH3 is 1. The van der Waals surface area contributed by atoms with Crippen LogP contribution in [0.4, 0.5) is 5.69 Å². The highest BCUT2D eigenvalue weighted by Crippen LogP contribution is 2.30. The van der Waals surface area contributed by atoms with Gasteiger partial charge >= 0.3 is 5.97 Å². The zero-order chi connectivity index (χ0) is 18.2. The number of anilines is 1. The fraction of sp³-hybridized carbons (Fsp3) is 0.300. The first kappa shape index (κ1) is 18.5. The van der Waals surface area contributed by atoms with Gasteiger partial charge in [0.15, 0.2) is 0 Å². The fourth-order valence-corrected chi connectivity index (χ4v) is 3.04. The van der Waals surface area contributed by atoms with E-state index in [2.05, 4.69) is 5.32 Å². The van der Waals surface area contributed by atoms with E-state index < -0.39 is 5.97 Å². The summed E-state index contributed by atoms with van der Waals surface area (Å²) in [6, 6.07) is 11.7. The summed E-state index contributed by atoms with van der Waals surface area (Å²) in [6.07, 6.45) is 2.21. The minimum atomic E-state index is -0.846. The molecule has 5 heteroatoms. The molecule has 0 aliphatic heterocycles. The molecule has 0 radical (unpaired) electrons. The molecule has 0 aromatic heterocycles. The first-order chi connectivity index (χ1) is 12.1. The van der Waals surface area contributed by atoms with Crippen LogP contribution in [-0.4, -0.2) is 31.5 Å². The van der Waals surface area contributed by atoms with Crippen molar-refractivity contribution in [2.24, 2.45) is 0 Å². The van der Waals surface area contributed by atoms with Crippen LogP contribution in [0.25, 0.3) is 0 Å². The van der Waals surface area contributed by atoms with Crippen LogP contribution in [0.5, 0.6) is 5.75 Å². The summed E-state index contributed by atoms with van der Waals surface area (Å²) in [6.45, 7) is 0. The van der Waals surface area contributed by atoms with Crippen LogP contribution < -0.4 is 10.1 Å². The van der Waals surface area contributed by atoms with E-state index in [9.17, 15) is 9.59 Å². The second-order valence-corrected chi connectivity index (χ2v) is 5.74. The van der Waals surface area contributed by atoms with Gasteiger partial charge in [0.25, 0.3) is 0 Å². The summed E-state index contributed by atoms with van der Waals surface area (Å²) in [5.41, 5.74) is 4.74. The van der Waals surface area contributed by atoms with Crippen molar-refractivity contribution in [1.82, 2.24) is 0 Å². The van der Waals surface area contributed by atoms with E-state index >= 15 is 0 Å². The first-order valence-electron chi connectivity index (χ1n) is 8.19. The number of aliphatic carboxylic acids is 1. The highest BCUT2D eigenvalue weighted by atomic mass is 16.5. The summed E-state index contributed by atoms with van der Waals surface area (Å²) in [5, 5.41) is 12.1. The van der Waals surface area contributed by atoms with Gasteiger partial charge in [-0.25, -0.2) is 0 Å². The second-order valence-electron chi connectivity index (χ2n) is 5.74. The number of carbonyl (C=O) groups is 2. The molecule has 132 valence electrons. The smallest absolute Gasteiger partial charge is 0.303 e. The minimum absolute atomic E-state index is 0.0425. The predicted octanol–water partition coefficient (Wildman–Crippen LogP) is 3.09. The van der Waals surface area contributed by atoms with E-state index in [1.54, 1.807) is 7.11 Å². The SMILES string of the molecule is CNc1c(Cc2ccccc2OC)ccc(CCC(=O)O)c1CC=O. The zero-order valence-electron chi connectivity index (χ0n) is 14.5. The van der Waals surface area contributed by atoms with Crippen molar-refractivity contribution < 1.29 is 19.4 Å². The normalized spacial score (nSPS) is 10.3. The Kier molecular flexibility index (Phi) is 6.57. The van der Waals surface area contributed by atoms with Crippen LogP contribution in [0.1, 0.15) is 28.7 Å². The van der Waals surface area contributed by atoms with Gasteiger partial charge in [-0.1, -0.05) is 30.3 Å². The van der Waals surface area contributed by atoms with E-state index in [1.807, 2.05) is 43.4 Å². The molecule has 25 heavy (non-hydrogen) atoms. The zero-order valence-corrected chi connectivity index (χ0v) is 14.5. The van der Waals surface area contributed by atoms with Gasteiger partial charge in [-0.2, -0.15) is 0 Å². The molecule has 0 atom stereocenters. The van der Waals surface area contributed by atoms with Crippen molar-refractivity contribution in [3.8, 4) is 5.75 Å². The molecule has 0 aliphatic rings. The summed E-state index contributed by atoms with van der Waals surface area (Å²) >= 11 is 0. The lowest BCUT2D eigenvalue weighted by Gasteiger charge is -2.18. The number of benzene rings is 2. The maximum absolute atomic E-state index is 11.1. The summed E-state index contributed by atoms with van der Waals surface area (Å²) < 4.78 is 5.42. The molecule has 2 N–H and O–H groups in total. The molecule has 0 amide bonds. The van der Waals surface area contributed by atoms with E-state index in [0.29, 0.717) is 12.8 Å². The highest BCUT2D eigenvalue weighted by molar-refractivity contribution is 5.70. The monoisotopic (exact) mass is 341 g/mol. The second kappa shape index (κ2) is 8.87. The van der Waals surface area contributed by atoms with Gasteiger partial charge in [0.2, 0.25) is 0 Å². The van der Waals surface area contributed by atoms with Crippen LogP contribution in [0.15, 0.2) is 36.4 Å². The average molecular weight is 341 g/mol. The lowest BCUT2D eigenvalue weighted by atomic mass is 9.92. The predicted molar refractivity (Wildman–Crippen MR) is 97.5 cm³/mol. The van der Waals surface area contributed by atoms with Crippen LogP contribution in [0, 0.1) is 0 Å². The number of carboxylic acids is 1. The molecule has 0 saturated carbocycles. The standard InChI is InChI=1S/C20H23NO4/c1-21-20-16(13-15-5-3-4-6-18(15)25-2)8-7-14(9-10-19(23)24)17(20)11-12-22/h3-8,12,21H,9-11,13H2,1-2H3,(H,23,24). The number of carboxylic acid groups (broad SMARTS) is 1. The van der Waals surface area contributed by atoms with Crippen molar-refractivity contribution in [3.63, 3.8) is 0 Å². The Hall–Kier alpha value is -2.82. The summed E-state index contributed by atoms with van der Waals surface area (Å²) in [7, 11) is 3.46. The molecule has 0 saturated heterocycles. The van der Waals surface area contributed by atoms with Gasteiger partial charge in [-0.05, 0) is 34.7 Å². The van der Waals surface area contributed by atoms with Gasteiger partial charge in [0.1, 0.15) is 12.0 Å². The Bertz CT molecular complexity index is 755. The molecule has 2 aromatic rings. The van der Waals surface area contributed by atoms with Crippen LogP contribution in [0.3, 0.4) is 0 Å². The molecule has 0 bridgehead atoms. The van der Waals surface area contributed by atoms with Crippen molar-refractivity contribution in [2.75, 3.05) is 19.5 Å². The molecular weight excluding hydrogens is 318 g/mol. The van der Waals surface area contributed by atoms with E-state index in [-0.39, 0.29) is 12.8 Å². The van der Waals surface area contributed by atoms with Crippen LogP contribution in [0.2, 0.25) is 0 Å². The molecule has 0 unspecified atom stereocenters. The lowest BCUT2D eigenvalue weighted by molar-refractivity contribution is -0.136. The van der Waals surface area contributed by atoms with E-state index in [0.717, 1.165) is 40.0 Å². The Morgan fingerprint density at radius 3 is 2.52 bits per heavy atom. The van der Waals surface area contributed by atoms with Crippen molar-refractivity contribution in [1.29, 1.82) is 0 Å². The first-order valence-corrected chi connectivity index (χ1v) is 8.19. The van der Waals surface area contributed by atoms with Crippen LogP contribution >= 0.6 is 0 Å². The largest absolute Gasteiger partial charge is 0.496 e. The average Bonchev–Trinajstić information content (AvgIpc) is 2.61. The molecule has 2 rings (SSSR count). The molecule has 5 nitrogen and oxygen atoms in total. The topological polar surface area (TPSA) is 75.6 Å². The maximum atomic E-state index is 11.1. The molecule has 0 aliphatic carbocycles. The lowest BCUT2D eigenvalue weighted by Crippen LogP contribution is -2.08. The third kappa shape index (κ3) is 4.59. The number of carbonyl (C=O) groups excluding carboxylic acids is 1. The van der Waals surface area contributed by atoms with Crippen molar-refractivity contribution >= 4 is 17.9 Å². The number of ether oxygens (including phenoxy) is 1. The fourth-order valence-electron chi connectivity index (χ4n) is 3.04. The van der Waals surface area contributed by atoms with Gasteiger partial charge < -0.3 is 20.0 Å². The highest BCUT2D eigenvalue weighted by Gasteiger charge is 2.15. The maximum Gasteiger partial charge on any atom is 0.303 e. The van der Waals surface area contributed by atoms with Crippen molar-refractivity contribution in [3.05, 3.63) is 58.7 Å². The number of hydrogen-bond donors (Lipinski definition) is 2.